The number of nitrogens with zero attached hydrogens (tertiary/aromatic N) is 1. The summed E-state index contributed by atoms with van der Waals surface area (Å²) in [5.74, 6) is -2.63. The van der Waals surface area contributed by atoms with Gasteiger partial charge in [-0.15, -0.1) is 11.8 Å². The second-order valence-electron chi connectivity index (χ2n) is 10.5. The molecule has 39 heavy (non-hydrogen) atoms. The number of thiazole rings is 1. The van der Waals surface area contributed by atoms with E-state index in [-0.39, 0.29) is 51.0 Å². The number of carbonyl (C=O) groups is 2. The fourth-order valence-corrected chi connectivity index (χ4v) is 10.2. The van der Waals surface area contributed by atoms with Gasteiger partial charge in [-0.1, -0.05) is 23.5 Å². The fourth-order valence-electron chi connectivity index (χ4n) is 7.35. The maximum atomic E-state index is 13.8. The van der Waals surface area contributed by atoms with E-state index in [1.165, 1.54) is 37.1 Å². The molecular weight excluding hydrogens is 553 g/mol. The second-order valence-corrected chi connectivity index (χ2v) is 12.7. The summed E-state index contributed by atoms with van der Waals surface area (Å²) >= 11 is 2.63. The van der Waals surface area contributed by atoms with Crippen molar-refractivity contribution in [3.05, 3.63) is 68.1 Å². The highest BCUT2D eigenvalue weighted by molar-refractivity contribution is 8.00. The summed E-state index contributed by atoms with van der Waals surface area (Å²) in [6.45, 7) is 0. The number of thioether (sulfide) groups is 1. The maximum Gasteiger partial charge on any atom is 0.416 e. The van der Waals surface area contributed by atoms with Crippen LogP contribution in [0.5, 0.6) is 11.5 Å². The number of imide groups is 1. The molecule has 0 spiro atoms. The van der Waals surface area contributed by atoms with Gasteiger partial charge in [0.2, 0.25) is 11.8 Å². The number of aromatic nitrogens is 1. The SMILES string of the molecule is COc1cc([C@@H]2c3sc(=O)[nH]c3S[C@H]3[C@@H]4C[C@H]([C@H]5C(=O)N(c6cccc(C(F)(F)F)c6)C(=O)[C@H]45)[C@H]23)ccc1O. The zero-order valence-electron chi connectivity index (χ0n) is 20.3. The van der Waals surface area contributed by atoms with E-state index in [0.717, 1.165) is 43.8 Å². The smallest absolute Gasteiger partial charge is 0.416 e. The van der Waals surface area contributed by atoms with Gasteiger partial charge >= 0.3 is 11.0 Å². The van der Waals surface area contributed by atoms with Crippen LogP contribution in [0.1, 0.15) is 28.3 Å². The largest absolute Gasteiger partial charge is 0.504 e. The molecule has 2 aliphatic carbocycles. The third-order valence-corrected chi connectivity index (χ3v) is 11.3. The van der Waals surface area contributed by atoms with Crippen molar-refractivity contribution in [3.63, 3.8) is 0 Å². The maximum absolute atomic E-state index is 13.8. The molecule has 7 atom stereocenters. The molecule has 2 saturated carbocycles. The Morgan fingerprint density at radius 3 is 2.51 bits per heavy atom. The van der Waals surface area contributed by atoms with Gasteiger partial charge in [-0.05, 0) is 60.1 Å². The van der Waals surface area contributed by atoms with Crippen molar-refractivity contribution in [2.75, 3.05) is 12.0 Å². The molecule has 3 heterocycles. The summed E-state index contributed by atoms with van der Waals surface area (Å²) in [5, 5.41) is 10.8. The van der Waals surface area contributed by atoms with Gasteiger partial charge in [0.05, 0.1) is 35.2 Å². The quantitative estimate of drug-likeness (QED) is 0.434. The van der Waals surface area contributed by atoms with Crippen molar-refractivity contribution in [1.82, 2.24) is 4.98 Å². The van der Waals surface area contributed by atoms with Gasteiger partial charge in [-0.25, -0.2) is 0 Å². The predicted octanol–water partition coefficient (Wildman–Crippen LogP) is 4.85. The molecule has 4 aliphatic rings. The molecule has 2 bridgehead atoms. The van der Waals surface area contributed by atoms with Crippen molar-refractivity contribution >= 4 is 40.6 Å². The van der Waals surface area contributed by atoms with Crippen LogP contribution in [-0.4, -0.2) is 34.3 Å². The van der Waals surface area contributed by atoms with Crippen molar-refractivity contribution in [2.24, 2.45) is 29.6 Å². The second kappa shape index (κ2) is 8.37. The van der Waals surface area contributed by atoms with Crippen LogP contribution < -0.4 is 14.5 Å². The number of anilines is 1. The Morgan fingerprint density at radius 2 is 1.79 bits per heavy atom. The summed E-state index contributed by atoms with van der Waals surface area (Å²) in [7, 11) is 1.45. The first kappa shape index (κ1) is 24.8. The van der Waals surface area contributed by atoms with Crippen molar-refractivity contribution < 1.29 is 32.6 Å². The standard InChI is InChI=1S/C27H21F3N2O5S2/c1-37-16-7-10(5-6-15(16)33)17-18-13-9-14(21(18)38-23-22(17)39-26(36)31-23)20-19(13)24(34)32(25(20)35)12-4-2-3-11(8-12)27(28,29)30/h2-8,13-14,17-21,33H,9H2,1H3,(H,31,36)/t13-,14+,17-,18+,19+,20+,21-/m0/s1. The van der Waals surface area contributed by atoms with Crippen LogP contribution in [0.2, 0.25) is 0 Å². The van der Waals surface area contributed by atoms with E-state index in [4.69, 9.17) is 4.74 Å². The van der Waals surface area contributed by atoms with Crippen LogP contribution in [0.3, 0.4) is 0 Å². The van der Waals surface area contributed by atoms with E-state index in [1.807, 2.05) is 0 Å². The fraction of sp³-hybridized carbons (Fsp3) is 0.370. The zero-order chi connectivity index (χ0) is 27.4. The summed E-state index contributed by atoms with van der Waals surface area (Å²) in [4.78, 5) is 44.3. The molecule has 2 N–H and O–H groups in total. The van der Waals surface area contributed by atoms with Gasteiger partial charge in [0, 0.05) is 16.0 Å². The minimum atomic E-state index is -4.60. The topological polar surface area (TPSA) is 99.7 Å². The molecule has 3 fully saturated rings. The van der Waals surface area contributed by atoms with Gasteiger partial charge < -0.3 is 14.8 Å². The summed E-state index contributed by atoms with van der Waals surface area (Å²) in [5.41, 5.74) is -0.154. The number of benzene rings is 2. The molecular formula is C27H21F3N2O5S2. The summed E-state index contributed by atoms with van der Waals surface area (Å²) in [6, 6.07) is 9.40. The molecule has 7 rings (SSSR count). The Hall–Kier alpha value is -3.25. The zero-order valence-corrected chi connectivity index (χ0v) is 21.9. The number of hydrogen-bond donors (Lipinski definition) is 2. The Balaban J connectivity index is 1.31. The van der Waals surface area contributed by atoms with Gasteiger partial charge in [-0.2, -0.15) is 13.2 Å². The highest BCUT2D eigenvalue weighted by Gasteiger charge is 2.69. The van der Waals surface area contributed by atoms with Gasteiger partial charge in [-0.3, -0.25) is 19.3 Å². The van der Waals surface area contributed by atoms with E-state index in [9.17, 15) is 32.7 Å². The van der Waals surface area contributed by atoms with E-state index in [0.29, 0.717) is 6.42 Å². The third kappa shape index (κ3) is 3.46. The lowest BCUT2D eigenvalue weighted by molar-refractivity contribution is -0.137. The number of nitrogens with one attached hydrogen (secondary N) is 1. The molecule has 7 nitrogen and oxygen atoms in total. The van der Waals surface area contributed by atoms with Gasteiger partial charge in [0.1, 0.15) is 0 Å². The molecule has 2 aromatic carbocycles. The number of phenols is 1. The van der Waals surface area contributed by atoms with Gasteiger partial charge in [0.15, 0.2) is 11.5 Å². The molecule has 2 amide bonds. The molecule has 1 saturated heterocycles. The number of amides is 2. The molecule has 202 valence electrons. The first-order valence-corrected chi connectivity index (χ1v) is 14.1. The predicted molar refractivity (Wildman–Crippen MR) is 137 cm³/mol. The number of carbonyl (C=O) groups excluding carboxylic acids is 2. The minimum Gasteiger partial charge on any atom is -0.504 e. The Kier molecular flexibility index (Phi) is 5.32. The van der Waals surface area contributed by atoms with Crippen LogP contribution in [-0.2, 0) is 15.8 Å². The summed E-state index contributed by atoms with van der Waals surface area (Å²) in [6.07, 6.45) is -3.95. The van der Waals surface area contributed by atoms with Crippen LogP contribution >= 0.6 is 23.1 Å². The minimum absolute atomic E-state index is 0.0215. The molecule has 2 aliphatic heterocycles. The van der Waals surface area contributed by atoms with E-state index in [2.05, 4.69) is 4.98 Å². The Bertz CT molecular complexity index is 1600. The average molecular weight is 575 g/mol. The van der Waals surface area contributed by atoms with Crippen LogP contribution in [0, 0.1) is 29.6 Å². The lowest BCUT2D eigenvalue weighted by atomic mass is 9.68. The first-order valence-electron chi connectivity index (χ1n) is 12.4. The number of fused-ring (bicyclic) bond motifs is 9. The monoisotopic (exact) mass is 574 g/mol. The van der Waals surface area contributed by atoms with Crippen molar-refractivity contribution in [1.29, 1.82) is 0 Å². The van der Waals surface area contributed by atoms with Gasteiger partial charge in [0.25, 0.3) is 0 Å². The normalized spacial score (nSPS) is 30.9. The highest BCUT2D eigenvalue weighted by Crippen LogP contribution is 2.68. The van der Waals surface area contributed by atoms with Crippen molar-refractivity contribution in [2.45, 2.75) is 28.8 Å². The molecule has 3 aromatic rings. The molecule has 0 radical (unpaired) electrons. The highest BCUT2D eigenvalue weighted by atomic mass is 32.2. The average Bonchev–Trinajstić information content (AvgIpc) is 3.63. The van der Waals surface area contributed by atoms with Crippen LogP contribution in [0.4, 0.5) is 18.9 Å². The number of ether oxygens (including phenoxy) is 1. The number of phenolic OH excluding ortho intramolecular Hbond substituents is 1. The molecule has 1 aromatic heterocycles. The van der Waals surface area contributed by atoms with E-state index in [1.54, 1.807) is 12.1 Å². The van der Waals surface area contributed by atoms with Crippen LogP contribution in [0.15, 0.2) is 52.3 Å². The van der Waals surface area contributed by atoms with Crippen LogP contribution in [0.25, 0.3) is 0 Å². The number of halogens is 3. The number of hydrogen-bond acceptors (Lipinski definition) is 7. The number of methoxy groups -OCH3 is 1. The Morgan fingerprint density at radius 1 is 1.05 bits per heavy atom. The third-order valence-electron chi connectivity index (χ3n) is 8.72. The summed E-state index contributed by atoms with van der Waals surface area (Å²) < 4.78 is 45.5. The lowest BCUT2D eigenvalue weighted by Gasteiger charge is -2.43. The lowest BCUT2D eigenvalue weighted by Crippen LogP contribution is -2.42. The number of aromatic amines is 1. The molecule has 0 unspecified atom stereocenters. The number of alkyl halides is 3. The first-order chi connectivity index (χ1) is 18.6. The van der Waals surface area contributed by atoms with Crippen molar-refractivity contribution in [3.8, 4) is 11.5 Å². The molecule has 12 heteroatoms. The number of H-pyrrole nitrogens is 1. The number of rotatable bonds is 3. The van der Waals surface area contributed by atoms with E-state index < -0.39 is 35.4 Å². The van der Waals surface area contributed by atoms with E-state index >= 15 is 0 Å². The number of aromatic hydroxyl groups is 1. The Labute approximate surface area is 228 Å².